The monoisotopic (exact) mass is 1090 g/mol. The number of benzene rings is 3. The fourth-order valence-corrected chi connectivity index (χ4v) is 24.2. The van der Waals surface area contributed by atoms with Gasteiger partial charge in [-0.3, -0.25) is 4.79 Å². The van der Waals surface area contributed by atoms with Crippen LogP contribution in [-0.4, -0.2) is 72.0 Å². The molecule has 3 aromatic carbocycles. The number of esters is 1. The molecule has 0 N–H and O–H groups in total. The van der Waals surface area contributed by atoms with Gasteiger partial charge in [0.25, 0.3) is 0 Å². The maximum absolute atomic E-state index is 14.6. The normalized spacial score (nSPS) is 36.4. The van der Waals surface area contributed by atoms with Crippen molar-refractivity contribution in [2.75, 3.05) is 66.1 Å². The van der Waals surface area contributed by atoms with E-state index < -0.39 is 0 Å². The zero-order valence-corrected chi connectivity index (χ0v) is 47.9. The van der Waals surface area contributed by atoms with E-state index in [2.05, 4.69) is 44.2 Å². The molecule has 0 amide bonds. The lowest BCUT2D eigenvalue weighted by Crippen LogP contribution is -2.43. The molecule has 11 atom stereocenters. The van der Waals surface area contributed by atoms with Crippen LogP contribution in [0.25, 0.3) is 27.9 Å². The molecule has 82 heavy (non-hydrogen) atoms. The molecule has 0 aromatic heterocycles. The first-order chi connectivity index (χ1) is 40.3. The molecule has 11 unspecified atom stereocenters. The van der Waals surface area contributed by atoms with E-state index in [1.807, 2.05) is 79.5 Å². The summed E-state index contributed by atoms with van der Waals surface area (Å²) in [6.45, 7) is 11.3. The Hall–Kier alpha value is -5.25. The van der Waals surface area contributed by atoms with E-state index in [9.17, 15) is 4.79 Å². The summed E-state index contributed by atoms with van der Waals surface area (Å²) >= 11 is 0. The van der Waals surface area contributed by atoms with Crippen LogP contribution in [-0.2, 0) is 45.9 Å². The molecule has 3 aromatic rings. The van der Waals surface area contributed by atoms with Gasteiger partial charge in [0.2, 0.25) is 0 Å². The largest absolute Gasteiger partial charge is 0.493 e. The second kappa shape index (κ2) is 15.6. The molecular weight excluding hydrogens is 1020 g/mol. The van der Waals surface area contributed by atoms with Crippen LogP contribution in [0.15, 0.2) is 98.7 Å². The molecule has 2 heterocycles. The van der Waals surface area contributed by atoms with Gasteiger partial charge in [0.15, 0.2) is 0 Å². The lowest BCUT2D eigenvalue weighted by molar-refractivity contribution is -0.145. The van der Waals surface area contributed by atoms with Gasteiger partial charge in [0, 0.05) is 77.5 Å². The first kappa shape index (κ1) is 47.0. The minimum Gasteiger partial charge on any atom is -0.493 e. The van der Waals surface area contributed by atoms with E-state index in [1.54, 1.807) is 49.4 Å². The van der Waals surface area contributed by atoms with E-state index >= 15 is 0 Å². The Balaban J connectivity index is 0.637. The molecule has 21 rings (SSSR count). The number of carbonyl (C=O) groups is 1. The van der Waals surface area contributed by atoms with Crippen molar-refractivity contribution in [3.63, 3.8) is 0 Å². The fourth-order valence-electron chi connectivity index (χ4n) is 24.2. The van der Waals surface area contributed by atoms with Gasteiger partial charge in [-0.2, -0.15) is 0 Å². The topological polar surface area (TPSA) is 81.7 Å². The Morgan fingerprint density at radius 3 is 1.91 bits per heavy atom. The van der Waals surface area contributed by atoms with Crippen molar-refractivity contribution in [2.24, 2.45) is 63.6 Å². The minimum atomic E-state index is -0.178. The average Bonchev–Trinajstić information content (AvgIpc) is 1.38. The van der Waals surface area contributed by atoms with E-state index in [1.165, 1.54) is 69.8 Å². The Morgan fingerprint density at radius 1 is 0.585 bits per heavy atom. The molecule has 0 bridgehead atoms. The zero-order valence-electron chi connectivity index (χ0n) is 47.9. The van der Waals surface area contributed by atoms with Gasteiger partial charge in [0.05, 0.1) is 52.9 Å². The lowest BCUT2D eigenvalue weighted by atomic mass is 9.58. The van der Waals surface area contributed by atoms with Crippen molar-refractivity contribution in [1.82, 2.24) is 0 Å². The van der Waals surface area contributed by atoms with Gasteiger partial charge in [-0.1, -0.05) is 55.3 Å². The Morgan fingerprint density at radius 2 is 1.23 bits per heavy atom. The number of ether oxygens (including phenoxy) is 7. The van der Waals surface area contributed by atoms with Gasteiger partial charge in [-0.15, -0.1) is 0 Å². The van der Waals surface area contributed by atoms with Gasteiger partial charge >= 0.3 is 5.97 Å². The third-order valence-electron chi connectivity index (χ3n) is 26.1. The Labute approximate surface area is 480 Å². The Kier molecular flexibility index (Phi) is 8.95. The summed E-state index contributed by atoms with van der Waals surface area (Å²) in [6.07, 6.45) is 16.8. The summed E-state index contributed by atoms with van der Waals surface area (Å²) in [5.41, 5.74) is 35.3. The van der Waals surface area contributed by atoms with Crippen molar-refractivity contribution in [2.45, 2.75) is 128 Å². The lowest BCUT2D eigenvalue weighted by Gasteiger charge is -2.45. The molecule has 8 nitrogen and oxygen atoms in total. The van der Waals surface area contributed by atoms with Crippen LogP contribution in [0.5, 0.6) is 11.5 Å². The standard InChI is InChI=1S/C74H74O8/c1-70(33-78-34-70)31-76-23-7-25-80-39-27-37(28-40(29-39)81-26-8-24-77-32-71(2)35-79-36-71)30-82-51(75)11-6-22-72(38-9-4-3-5-10-38)73-49-20-21-50-48-19-17-46-44-15-13-42-41-12-14-43-45-16-18-47(49)58-56(45)61-54(43)52(41)60-53(42)55(44)62-57(46)59(48)69(74(50,72)73)67-65(62)63(60)64(61)66(67)68(58)73/h3-5,9-10,27-29,41-43,45,52-54,56H,6-8,11-26,30-36H2,1-2H3. The third-order valence-corrected chi connectivity index (χ3v) is 26.1. The van der Waals surface area contributed by atoms with Crippen molar-refractivity contribution in [1.29, 1.82) is 0 Å². The number of hydrogen-bond donors (Lipinski definition) is 0. The molecule has 2 aliphatic heterocycles. The molecule has 2 saturated heterocycles. The van der Waals surface area contributed by atoms with E-state index in [0.29, 0.717) is 69.4 Å². The van der Waals surface area contributed by atoms with Crippen LogP contribution in [0.1, 0.15) is 144 Å². The zero-order chi connectivity index (χ0) is 53.5. The summed E-state index contributed by atoms with van der Waals surface area (Å²) < 4.78 is 42.0. The smallest absolute Gasteiger partial charge is 0.306 e. The van der Waals surface area contributed by atoms with Gasteiger partial charge in [-0.05, 0) is 235 Å². The van der Waals surface area contributed by atoms with Crippen molar-refractivity contribution >= 4 is 33.8 Å². The van der Waals surface area contributed by atoms with Crippen molar-refractivity contribution in [3.8, 4) is 11.5 Å². The maximum Gasteiger partial charge on any atom is 0.306 e. The first-order valence-corrected chi connectivity index (χ1v) is 32.6. The quantitative estimate of drug-likeness (QED) is 0.0771. The molecule has 8 heteroatoms. The SMILES string of the molecule is CC1(COCCCOc2cc(COC(=O)CCCC3(c4ccccc4)C45C6=C7CCC8C9C7=C4C4=c7c%10c%11c%12c%13c7C53C(=C%13CCC=%12C3=C%11C5C7=C%10C4=C9C4C8CCC(C5CC3)C74)CC6)cc(OCCCOCC3(C)COC3)c2)COC1. The van der Waals surface area contributed by atoms with E-state index in [0.717, 1.165) is 93.2 Å². The third kappa shape index (κ3) is 5.09. The van der Waals surface area contributed by atoms with Gasteiger partial charge in [0.1, 0.15) is 18.1 Å². The number of hydrogen-bond acceptors (Lipinski definition) is 8. The highest BCUT2D eigenvalue weighted by molar-refractivity contribution is 6.20. The second-order valence-corrected chi connectivity index (χ2v) is 29.9. The number of carbonyl (C=O) groups excluding carboxylic acids is 1. The summed E-state index contributed by atoms with van der Waals surface area (Å²) in [4.78, 5) is 14.6. The van der Waals surface area contributed by atoms with Crippen molar-refractivity contribution < 1.29 is 38.0 Å². The predicted molar refractivity (Wildman–Crippen MR) is 310 cm³/mol. The summed E-state index contributed by atoms with van der Waals surface area (Å²) in [7, 11) is 0. The molecule has 6 saturated carbocycles. The van der Waals surface area contributed by atoms with Crippen LogP contribution < -0.4 is 19.9 Å². The molecular formula is C74H74O8. The van der Waals surface area contributed by atoms with Crippen LogP contribution in [0, 0.1) is 63.6 Å². The Bertz CT molecular complexity index is 3890. The molecule has 418 valence electrons. The summed E-state index contributed by atoms with van der Waals surface area (Å²) in [6, 6.07) is 18.1. The molecule has 2 spiro atoms. The minimum absolute atomic E-state index is 0.0953. The highest BCUT2D eigenvalue weighted by Crippen LogP contribution is 2.97. The predicted octanol–water partition coefficient (Wildman–Crippen LogP) is 11.9. The summed E-state index contributed by atoms with van der Waals surface area (Å²) in [5.74, 6) is 7.48. The van der Waals surface area contributed by atoms with E-state index in [-0.39, 0.29) is 39.7 Å². The summed E-state index contributed by atoms with van der Waals surface area (Å²) in [5, 5.41) is 3.50. The molecule has 0 radical (unpaired) electrons. The number of rotatable bonds is 21. The molecule has 18 aliphatic rings. The van der Waals surface area contributed by atoms with Crippen LogP contribution in [0.3, 0.4) is 0 Å². The molecule has 16 aliphatic carbocycles. The van der Waals surface area contributed by atoms with Crippen LogP contribution in [0.4, 0.5) is 0 Å². The highest BCUT2D eigenvalue weighted by atomic mass is 16.5. The molecule has 8 fully saturated rings. The number of fused-ring (bicyclic) bond motifs is 3. The highest BCUT2D eigenvalue weighted by Gasteiger charge is 2.95. The first-order valence-electron chi connectivity index (χ1n) is 32.6. The fraction of sp³-hybridized carbons (Fsp3) is 0.554. The average molecular weight is 1090 g/mol. The van der Waals surface area contributed by atoms with E-state index in [4.69, 9.17) is 33.2 Å². The van der Waals surface area contributed by atoms with Crippen molar-refractivity contribution in [3.05, 3.63) is 143 Å². The number of allylic oxidation sites excluding steroid dienone is 12. The van der Waals surface area contributed by atoms with Crippen LogP contribution in [0.2, 0.25) is 0 Å². The van der Waals surface area contributed by atoms with Gasteiger partial charge < -0.3 is 33.2 Å². The van der Waals surface area contributed by atoms with Gasteiger partial charge in [-0.25, -0.2) is 0 Å². The van der Waals surface area contributed by atoms with Crippen LogP contribution >= 0.6 is 0 Å². The maximum atomic E-state index is 14.6. The second-order valence-electron chi connectivity index (χ2n) is 29.9.